The van der Waals surface area contributed by atoms with Crippen LogP contribution >= 0.6 is 23.2 Å². The average Bonchev–Trinajstić information content (AvgIpc) is 2.48. The molecule has 0 spiro atoms. The van der Waals surface area contributed by atoms with Gasteiger partial charge in [0.15, 0.2) is 0 Å². The third kappa shape index (κ3) is 2.13. The number of rotatable bonds is 0. The zero-order chi connectivity index (χ0) is 11.6. The van der Waals surface area contributed by atoms with Gasteiger partial charge in [-0.05, 0) is 12.1 Å². The molecule has 0 saturated heterocycles. The molecule has 2 rings (SSSR count). The second-order valence-corrected chi connectivity index (χ2v) is 3.30. The van der Waals surface area contributed by atoms with Crippen molar-refractivity contribution < 1.29 is 14.3 Å². The highest BCUT2D eigenvalue weighted by molar-refractivity contribution is 6.42. The lowest BCUT2D eigenvalue weighted by molar-refractivity contribution is 0.0444. The van der Waals surface area contributed by atoms with Crippen molar-refractivity contribution in [3.05, 3.63) is 33.3 Å². The van der Waals surface area contributed by atoms with Gasteiger partial charge < -0.3 is 4.74 Å². The smallest absolute Gasteiger partial charge is 0.346 e. The van der Waals surface area contributed by atoms with Crippen molar-refractivity contribution in [3.63, 3.8) is 0 Å². The Bertz CT molecular complexity index is 388. The normalized spacial score (nSPS) is 12.8. The van der Waals surface area contributed by atoms with Crippen LogP contribution in [0.25, 0.3) is 0 Å². The Balaban J connectivity index is 0.000000531. The molecule has 0 bridgehead atoms. The highest BCUT2D eigenvalue weighted by Gasteiger charge is 2.30. The van der Waals surface area contributed by atoms with E-state index in [2.05, 4.69) is 4.74 Å². The summed E-state index contributed by atoms with van der Waals surface area (Å²) in [6.45, 7) is 4.00. The predicted molar refractivity (Wildman–Crippen MR) is 57.6 cm³/mol. The lowest BCUT2D eigenvalue weighted by Gasteiger charge is -1.95. The SMILES string of the molecule is CC.O=C1OC(=O)c2cc(Cl)c(Cl)cc21. The number of fused-ring (bicyclic) bond motifs is 1. The van der Waals surface area contributed by atoms with E-state index in [9.17, 15) is 9.59 Å². The molecule has 0 aromatic heterocycles. The molecule has 3 nitrogen and oxygen atoms in total. The largest absolute Gasteiger partial charge is 0.386 e. The van der Waals surface area contributed by atoms with Gasteiger partial charge in [-0.3, -0.25) is 0 Å². The number of cyclic esters (lactones) is 2. The lowest BCUT2D eigenvalue weighted by Crippen LogP contribution is -1.96. The quantitative estimate of drug-likeness (QED) is 0.521. The van der Waals surface area contributed by atoms with Crippen molar-refractivity contribution >= 4 is 35.1 Å². The van der Waals surface area contributed by atoms with E-state index in [1.54, 1.807) is 0 Å². The summed E-state index contributed by atoms with van der Waals surface area (Å²) in [5, 5.41) is 0.458. The summed E-state index contributed by atoms with van der Waals surface area (Å²) in [5.74, 6) is -1.36. The summed E-state index contributed by atoms with van der Waals surface area (Å²) in [6.07, 6.45) is 0. The summed E-state index contributed by atoms with van der Waals surface area (Å²) in [6, 6.07) is 2.65. The number of ether oxygens (including phenoxy) is 1. The molecule has 0 N–H and O–H groups in total. The Labute approximate surface area is 96.9 Å². The van der Waals surface area contributed by atoms with Crippen LogP contribution in [0, 0.1) is 0 Å². The molecule has 15 heavy (non-hydrogen) atoms. The van der Waals surface area contributed by atoms with Crippen molar-refractivity contribution in [1.82, 2.24) is 0 Å². The molecular formula is C10H8Cl2O3. The number of hydrogen-bond acceptors (Lipinski definition) is 3. The van der Waals surface area contributed by atoms with E-state index in [4.69, 9.17) is 23.2 Å². The molecule has 0 atom stereocenters. The summed E-state index contributed by atoms with van der Waals surface area (Å²) < 4.78 is 4.35. The van der Waals surface area contributed by atoms with Gasteiger partial charge >= 0.3 is 11.9 Å². The van der Waals surface area contributed by atoms with Gasteiger partial charge in [0.05, 0.1) is 21.2 Å². The standard InChI is InChI=1S/C8H2Cl2O3.C2H6/c9-5-1-3-4(2-6(5)10)8(12)13-7(3)11;1-2/h1-2H;1-2H3. The maximum Gasteiger partial charge on any atom is 0.346 e. The van der Waals surface area contributed by atoms with Crippen LogP contribution in [0.2, 0.25) is 10.0 Å². The van der Waals surface area contributed by atoms with Gasteiger partial charge in [-0.15, -0.1) is 0 Å². The lowest BCUT2D eigenvalue weighted by atomic mass is 10.1. The van der Waals surface area contributed by atoms with Crippen molar-refractivity contribution in [2.24, 2.45) is 0 Å². The van der Waals surface area contributed by atoms with E-state index in [1.165, 1.54) is 12.1 Å². The fourth-order valence-corrected chi connectivity index (χ4v) is 1.41. The molecule has 0 fully saturated rings. The molecule has 1 aliphatic rings. The molecule has 1 aromatic carbocycles. The minimum absolute atomic E-state index is 0.166. The van der Waals surface area contributed by atoms with Crippen LogP contribution in [0.1, 0.15) is 34.6 Å². The van der Waals surface area contributed by atoms with Crippen LogP contribution in [-0.4, -0.2) is 11.9 Å². The molecule has 1 heterocycles. The third-order valence-corrected chi connectivity index (χ3v) is 2.41. The maximum atomic E-state index is 11.0. The molecule has 1 aromatic rings. The van der Waals surface area contributed by atoms with Gasteiger partial charge in [0.1, 0.15) is 0 Å². The summed E-state index contributed by atoms with van der Waals surface area (Å²) >= 11 is 11.3. The number of halogens is 2. The second-order valence-electron chi connectivity index (χ2n) is 2.49. The van der Waals surface area contributed by atoms with Crippen LogP contribution in [0.3, 0.4) is 0 Å². The molecule has 1 aliphatic heterocycles. The number of esters is 2. The molecule has 0 radical (unpaired) electrons. The number of carbonyl (C=O) groups excluding carboxylic acids is 2. The van der Waals surface area contributed by atoms with Gasteiger partial charge in [0.25, 0.3) is 0 Å². The number of carbonyl (C=O) groups is 2. The summed E-state index contributed by atoms with van der Waals surface area (Å²) in [5.41, 5.74) is 0.332. The van der Waals surface area contributed by atoms with Crippen molar-refractivity contribution in [1.29, 1.82) is 0 Å². The molecule has 0 amide bonds. The molecule has 80 valence electrons. The Kier molecular flexibility index (Phi) is 3.72. The third-order valence-electron chi connectivity index (χ3n) is 1.69. The highest BCUT2D eigenvalue weighted by atomic mass is 35.5. The van der Waals surface area contributed by atoms with Crippen molar-refractivity contribution in [2.75, 3.05) is 0 Å². The van der Waals surface area contributed by atoms with E-state index in [-0.39, 0.29) is 21.2 Å². The second kappa shape index (κ2) is 4.64. The Morgan fingerprint density at radius 3 is 1.60 bits per heavy atom. The van der Waals surface area contributed by atoms with Crippen LogP contribution < -0.4 is 0 Å². The van der Waals surface area contributed by atoms with Crippen LogP contribution in [-0.2, 0) is 4.74 Å². The first-order valence-corrected chi connectivity index (χ1v) is 5.11. The van der Waals surface area contributed by atoms with E-state index >= 15 is 0 Å². The first-order valence-electron chi connectivity index (χ1n) is 4.35. The topological polar surface area (TPSA) is 43.4 Å². The molecule has 5 heteroatoms. The average molecular weight is 247 g/mol. The van der Waals surface area contributed by atoms with Crippen LogP contribution in [0.4, 0.5) is 0 Å². The number of benzene rings is 1. The fraction of sp³-hybridized carbons (Fsp3) is 0.200. The monoisotopic (exact) mass is 246 g/mol. The first kappa shape index (κ1) is 12.0. The maximum absolute atomic E-state index is 11.0. The predicted octanol–water partition coefficient (Wildman–Crippen LogP) is 3.33. The number of hydrogen-bond donors (Lipinski definition) is 0. The minimum Gasteiger partial charge on any atom is -0.386 e. The van der Waals surface area contributed by atoms with Crippen LogP contribution in [0.15, 0.2) is 12.1 Å². The molecule has 0 saturated carbocycles. The fourth-order valence-electron chi connectivity index (χ4n) is 1.08. The van der Waals surface area contributed by atoms with E-state index in [1.807, 2.05) is 13.8 Å². The Hall–Kier alpha value is -1.06. The van der Waals surface area contributed by atoms with Gasteiger partial charge in [-0.2, -0.15) is 0 Å². The van der Waals surface area contributed by atoms with Crippen molar-refractivity contribution in [3.8, 4) is 0 Å². The molecular weight excluding hydrogens is 239 g/mol. The van der Waals surface area contributed by atoms with Crippen molar-refractivity contribution in [2.45, 2.75) is 13.8 Å². The molecule has 0 aliphatic carbocycles. The van der Waals surface area contributed by atoms with Gasteiger partial charge in [-0.25, -0.2) is 9.59 Å². The highest BCUT2D eigenvalue weighted by Crippen LogP contribution is 2.29. The zero-order valence-corrected chi connectivity index (χ0v) is 9.65. The van der Waals surface area contributed by atoms with E-state index < -0.39 is 11.9 Å². The molecule has 0 unspecified atom stereocenters. The van der Waals surface area contributed by atoms with Crippen LogP contribution in [0.5, 0.6) is 0 Å². The zero-order valence-electron chi connectivity index (χ0n) is 8.14. The summed E-state index contributed by atoms with van der Waals surface area (Å²) in [7, 11) is 0. The summed E-state index contributed by atoms with van der Waals surface area (Å²) in [4.78, 5) is 22.0. The van der Waals surface area contributed by atoms with E-state index in [0.717, 1.165) is 0 Å². The Morgan fingerprint density at radius 1 is 0.933 bits per heavy atom. The van der Waals surface area contributed by atoms with Gasteiger partial charge in [0.2, 0.25) is 0 Å². The van der Waals surface area contributed by atoms with Gasteiger partial charge in [0, 0.05) is 0 Å². The first-order chi connectivity index (χ1) is 7.09. The van der Waals surface area contributed by atoms with Gasteiger partial charge in [-0.1, -0.05) is 37.0 Å². The minimum atomic E-state index is -0.682. The Morgan fingerprint density at radius 2 is 1.27 bits per heavy atom. The van der Waals surface area contributed by atoms with E-state index in [0.29, 0.717) is 0 Å².